The second-order valence-electron chi connectivity index (χ2n) is 5.48. The Morgan fingerprint density at radius 3 is 2.29 bits per heavy atom. The molecule has 0 fully saturated rings. The average Bonchev–Trinajstić information content (AvgIpc) is 2.43. The van der Waals surface area contributed by atoms with Crippen LogP contribution in [0.2, 0.25) is 0 Å². The number of rotatable bonds is 5. The molecule has 2 aromatic carbocycles. The second kappa shape index (κ2) is 6.64. The van der Waals surface area contributed by atoms with Crippen molar-refractivity contribution in [3.8, 4) is 11.5 Å². The van der Waals surface area contributed by atoms with Crippen molar-refractivity contribution in [2.75, 3.05) is 7.11 Å². The van der Waals surface area contributed by atoms with Crippen LogP contribution in [0.5, 0.6) is 11.5 Å². The van der Waals surface area contributed by atoms with E-state index in [0.717, 1.165) is 22.6 Å². The Labute approximate surface area is 126 Å². The molecule has 0 aliphatic rings. The van der Waals surface area contributed by atoms with Gasteiger partial charge in [0.1, 0.15) is 18.1 Å². The lowest BCUT2D eigenvalue weighted by molar-refractivity contribution is 0.299. The number of nitrogens with two attached hydrogens (primary N) is 1. The summed E-state index contributed by atoms with van der Waals surface area (Å²) in [5.41, 5.74) is 10.6. The lowest BCUT2D eigenvalue weighted by Crippen LogP contribution is -2.08. The summed E-state index contributed by atoms with van der Waals surface area (Å²) in [6.45, 7) is 6.66. The molecule has 0 aromatic heterocycles. The van der Waals surface area contributed by atoms with Gasteiger partial charge in [-0.25, -0.2) is 0 Å². The van der Waals surface area contributed by atoms with Crippen LogP contribution in [0.3, 0.4) is 0 Å². The quantitative estimate of drug-likeness (QED) is 0.905. The topological polar surface area (TPSA) is 44.5 Å². The highest BCUT2D eigenvalue weighted by atomic mass is 16.5. The maximum absolute atomic E-state index is 6.00. The molecule has 21 heavy (non-hydrogen) atoms. The number of methoxy groups -OCH3 is 1. The molecule has 0 radical (unpaired) electrons. The molecule has 2 aromatic rings. The first-order valence-corrected chi connectivity index (χ1v) is 7.13. The maximum atomic E-state index is 6.00. The molecule has 0 amide bonds. The predicted octanol–water partition coefficient (Wildman–Crippen LogP) is 3.91. The Morgan fingerprint density at radius 1 is 1.05 bits per heavy atom. The van der Waals surface area contributed by atoms with Crippen LogP contribution in [0.15, 0.2) is 36.4 Å². The molecule has 2 rings (SSSR count). The van der Waals surface area contributed by atoms with E-state index in [0.29, 0.717) is 6.61 Å². The van der Waals surface area contributed by atoms with Crippen molar-refractivity contribution in [3.05, 3.63) is 58.7 Å². The van der Waals surface area contributed by atoms with Gasteiger partial charge in [0.2, 0.25) is 0 Å². The zero-order valence-corrected chi connectivity index (χ0v) is 13.1. The summed E-state index contributed by atoms with van der Waals surface area (Å²) >= 11 is 0. The number of aryl methyl sites for hydroxylation is 2. The number of hydrogen-bond acceptors (Lipinski definition) is 3. The lowest BCUT2D eigenvalue weighted by atomic mass is 10.1. The molecule has 1 unspecified atom stereocenters. The molecule has 0 aliphatic heterocycles. The van der Waals surface area contributed by atoms with Gasteiger partial charge in [-0.2, -0.15) is 0 Å². The molecule has 0 spiro atoms. The van der Waals surface area contributed by atoms with Crippen LogP contribution in [-0.4, -0.2) is 7.11 Å². The third kappa shape index (κ3) is 3.99. The highest BCUT2D eigenvalue weighted by Crippen LogP contribution is 2.29. The van der Waals surface area contributed by atoms with Gasteiger partial charge in [0, 0.05) is 17.7 Å². The van der Waals surface area contributed by atoms with Crippen molar-refractivity contribution < 1.29 is 9.47 Å². The van der Waals surface area contributed by atoms with Gasteiger partial charge in [-0.1, -0.05) is 35.4 Å². The summed E-state index contributed by atoms with van der Waals surface area (Å²) in [5, 5.41) is 0. The number of ether oxygens (including phenoxy) is 2. The van der Waals surface area contributed by atoms with Crippen LogP contribution in [0.25, 0.3) is 0 Å². The number of benzene rings is 2. The van der Waals surface area contributed by atoms with Crippen molar-refractivity contribution >= 4 is 0 Å². The first-order chi connectivity index (χ1) is 9.99. The summed E-state index contributed by atoms with van der Waals surface area (Å²) in [6, 6.07) is 12.1. The molecule has 0 saturated heterocycles. The fourth-order valence-corrected chi connectivity index (χ4v) is 2.46. The third-order valence-corrected chi connectivity index (χ3v) is 3.39. The summed E-state index contributed by atoms with van der Waals surface area (Å²) in [5.74, 6) is 1.55. The minimum atomic E-state index is -0.0786. The fraction of sp³-hybridized carbons (Fsp3) is 0.333. The molecule has 3 heteroatoms. The molecule has 112 valence electrons. The highest BCUT2D eigenvalue weighted by molar-refractivity contribution is 5.42. The Balaban J connectivity index is 2.21. The summed E-state index contributed by atoms with van der Waals surface area (Å²) < 4.78 is 11.2. The van der Waals surface area contributed by atoms with Crippen LogP contribution in [0, 0.1) is 13.8 Å². The zero-order valence-electron chi connectivity index (χ0n) is 13.1. The fourth-order valence-electron chi connectivity index (χ4n) is 2.46. The molecule has 3 nitrogen and oxygen atoms in total. The molecule has 0 heterocycles. The van der Waals surface area contributed by atoms with Gasteiger partial charge in [0.05, 0.1) is 7.11 Å². The van der Waals surface area contributed by atoms with Gasteiger partial charge in [0.25, 0.3) is 0 Å². The summed E-state index contributed by atoms with van der Waals surface area (Å²) in [4.78, 5) is 0. The van der Waals surface area contributed by atoms with Gasteiger partial charge in [-0.3, -0.25) is 0 Å². The Morgan fingerprint density at radius 2 is 1.71 bits per heavy atom. The normalized spacial score (nSPS) is 12.0. The van der Waals surface area contributed by atoms with E-state index in [-0.39, 0.29) is 6.04 Å². The van der Waals surface area contributed by atoms with E-state index in [2.05, 4.69) is 32.0 Å². The molecule has 0 bridgehead atoms. The molecule has 1 atom stereocenters. The van der Waals surface area contributed by atoms with Crippen molar-refractivity contribution in [3.63, 3.8) is 0 Å². The van der Waals surface area contributed by atoms with Crippen molar-refractivity contribution in [2.45, 2.75) is 33.4 Å². The van der Waals surface area contributed by atoms with Crippen LogP contribution in [0.4, 0.5) is 0 Å². The van der Waals surface area contributed by atoms with Gasteiger partial charge in [-0.05, 0) is 32.4 Å². The van der Waals surface area contributed by atoms with Gasteiger partial charge in [0.15, 0.2) is 0 Å². The highest BCUT2D eigenvalue weighted by Gasteiger charge is 2.10. The van der Waals surface area contributed by atoms with Crippen molar-refractivity contribution in [2.24, 2.45) is 5.73 Å². The SMILES string of the molecule is COc1ccc(C(C)N)c(OCc2cc(C)cc(C)c2)c1. The second-order valence-corrected chi connectivity index (χ2v) is 5.48. The first kappa shape index (κ1) is 15.4. The van der Waals surface area contributed by atoms with Crippen LogP contribution >= 0.6 is 0 Å². The monoisotopic (exact) mass is 285 g/mol. The average molecular weight is 285 g/mol. The van der Waals surface area contributed by atoms with Crippen LogP contribution in [-0.2, 0) is 6.61 Å². The molecular weight excluding hydrogens is 262 g/mol. The van der Waals surface area contributed by atoms with E-state index in [1.807, 2.05) is 25.1 Å². The van der Waals surface area contributed by atoms with E-state index >= 15 is 0 Å². The molecular formula is C18H23NO2. The number of hydrogen-bond donors (Lipinski definition) is 1. The van der Waals surface area contributed by atoms with Crippen LogP contribution < -0.4 is 15.2 Å². The Kier molecular flexibility index (Phi) is 4.86. The van der Waals surface area contributed by atoms with E-state index in [1.54, 1.807) is 7.11 Å². The largest absolute Gasteiger partial charge is 0.497 e. The summed E-state index contributed by atoms with van der Waals surface area (Å²) in [7, 11) is 1.65. The van der Waals surface area contributed by atoms with E-state index in [4.69, 9.17) is 15.2 Å². The Bertz CT molecular complexity index is 600. The van der Waals surface area contributed by atoms with Gasteiger partial charge < -0.3 is 15.2 Å². The third-order valence-electron chi connectivity index (χ3n) is 3.39. The molecule has 0 aliphatic carbocycles. The standard InChI is InChI=1S/C18H23NO2/c1-12-7-13(2)9-15(8-12)11-21-18-10-16(20-4)5-6-17(18)14(3)19/h5-10,14H,11,19H2,1-4H3. The van der Waals surface area contributed by atoms with Crippen LogP contribution in [0.1, 0.15) is 35.2 Å². The zero-order chi connectivity index (χ0) is 15.4. The Hall–Kier alpha value is -2.00. The van der Waals surface area contributed by atoms with E-state index in [1.165, 1.54) is 11.1 Å². The minimum absolute atomic E-state index is 0.0786. The van der Waals surface area contributed by atoms with Gasteiger partial charge in [-0.15, -0.1) is 0 Å². The predicted molar refractivity (Wildman–Crippen MR) is 85.8 cm³/mol. The van der Waals surface area contributed by atoms with Gasteiger partial charge >= 0.3 is 0 Å². The lowest BCUT2D eigenvalue weighted by Gasteiger charge is -2.15. The maximum Gasteiger partial charge on any atom is 0.128 e. The molecule has 0 saturated carbocycles. The minimum Gasteiger partial charge on any atom is -0.497 e. The smallest absolute Gasteiger partial charge is 0.128 e. The first-order valence-electron chi connectivity index (χ1n) is 7.13. The van der Waals surface area contributed by atoms with Crippen molar-refractivity contribution in [1.29, 1.82) is 0 Å². The summed E-state index contributed by atoms with van der Waals surface area (Å²) in [6.07, 6.45) is 0. The molecule has 2 N–H and O–H groups in total. The van der Waals surface area contributed by atoms with E-state index in [9.17, 15) is 0 Å². The van der Waals surface area contributed by atoms with E-state index < -0.39 is 0 Å². The van der Waals surface area contributed by atoms with Crippen molar-refractivity contribution in [1.82, 2.24) is 0 Å².